The summed E-state index contributed by atoms with van der Waals surface area (Å²) in [5.41, 5.74) is 1.87. The van der Waals surface area contributed by atoms with Gasteiger partial charge in [0.1, 0.15) is 18.2 Å². The molecule has 0 atom stereocenters. The molecule has 5 heteroatoms. The van der Waals surface area contributed by atoms with Crippen LogP contribution < -0.4 is 10.1 Å². The van der Waals surface area contributed by atoms with Crippen LogP contribution in [0.1, 0.15) is 18.1 Å². The summed E-state index contributed by atoms with van der Waals surface area (Å²) in [4.78, 5) is 0. The average molecular weight is 373 g/mol. The molecule has 0 spiro atoms. The Hall–Kier alpha value is -1.10. The third-order valence-electron chi connectivity index (χ3n) is 2.97. The maximum atomic E-state index is 13.4. The van der Waals surface area contributed by atoms with E-state index in [2.05, 4.69) is 28.2 Å². The molecule has 21 heavy (non-hydrogen) atoms. The highest BCUT2D eigenvalue weighted by Gasteiger charge is 2.05. The maximum Gasteiger partial charge on any atom is 0.142 e. The van der Waals surface area contributed by atoms with Crippen LogP contribution in [0.15, 0.2) is 40.9 Å². The number of benzene rings is 2. The molecule has 0 amide bonds. The fourth-order valence-electron chi connectivity index (χ4n) is 1.83. The van der Waals surface area contributed by atoms with Gasteiger partial charge in [0.2, 0.25) is 0 Å². The van der Waals surface area contributed by atoms with Gasteiger partial charge in [-0.2, -0.15) is 0 Å². The first-order valence-corrected chi connectivity index (χ1v) is 7.83. The first kappa shape index (κ1) is 16.3. The van der Waals surface area contributed by atoms with Crippen molar-refractivity contribution in [2.45, 2.75) is 20.1 Å². The predicted octanol–water partition coefficient (Wildman–Crippen LogP) is 4.93. The average Bonchev–Trinajstić information content (AvgIpc) is 2.48. The Labute approximate surface area is 137 Å². The van der Waals surface area contributed by atoms with Crippen molar-refractivity contribution >= 4 is 27.5 Å². The normalized spacial score (nSPS) is 10.7. The number of rotatable bonds is 6. The maximum absolute atomic E-state index is 13.4. The van der Waals surface area contributed by atoms with Gasteiger partial charge in [0.05, 0.1) is 5.02 Å². The Balaban J connectivity index is 2.03. The van der Waals surface area contributed by atoms with E-state index >= 15 is 0 Å². The molecule has 0 unspecified atom stereocenters. The summed E-state index contributed by atoms with van der Waals surface area (Å²) in [6, 6.07) is 10.5. The van der Waals surface area contributed by atoms with Crippen LogP contribution in [0.25, 0.3) is 0 Å². The standard InChI is InChI=1S/C16H16BrClFNO/c1-2-20-9-12-8-13(4-5-14(12)17)21-10-11-3-6-15(18)16(19)7-11/h3-8,20H,2,9-10H2,1H3. The van der Waals surface area contributed by atoms with Crippen LogP contribution in [0.3, 0.4) is 0 Å². The van der Waals surface area contributed by atoms with Gasteiger partial charge in [0.25, 0.3) is 0 Å². The second-order valence-corrected chi connectivity index (χ2v) is 5.83. The largest absolute Gasteiger partial charge is 0.489 e. The lowest BCUT2D eigenvalue weighted by atomic mass is 10.2. The second kappa shape index (κ2) is 7.78. The third-order valence-corrected chi connectivity index (χ3v) is 4.05. The molecule has 2 aromatic carbocycles. The highest BCUT2D eigenvalue weighted by atomic mass is 79.9. The highest BCUT2D eigenvalue weighted by Crippen LogP contribution is 2.24. The minimum Gasteiger partial charge on any atom is -0.489 e. The van der Waals surface area contributed by atoms with Crippen molar-refractivity contribution in [2.75, 3.05) is 6.54 Å². The van der Waals surface area contributed by atoms with Gasteiger partial charge in [-0.25, -0.2) is 4.39 Å². The van der Waals surface area contributed by atoms with Crippen LogP contribution in [0.2, 0.25) is 5.02 Å². The molecule has 0 bridgehead atoms. The van der Waals surface area contributed by atoms with E-state index in [1.54, 1.807) is 6.07 Å². The molecule has 2 nitrogen and oxygen atoms in total. The van der Waals surface area contributed by atoms with Gasteiger partial charge in [0.15, 0.2) is 0 Å². The van der Waals surface area contributed by atoms with Crippen LogP contribution in [0, 0.1) is 5.82 Å². The summed E-state index contributed by atoms with van der Waals surface area (Å²) < 4.78 is 20.1. The number of nitrogens with one attached hydrogen (secondary N) is 1. The lowest BCUT2D eigenvalue weighted by molar-refractivity contribution is 0.305. The van der Waals surface area contributed by atoms with Crippen molar-refractivity contribution < 1.29 is 9.13 Å². The third kappa shape index (κ3) is 4.70. The molecule has 0 saturated heterocycles. The van der Waals surface area contributed by atoms with Crippen LogP contribution in [-0.4, -0.2) is 6.54 Å². The Kier molecular flexibility index (Phi) is 6.03. The molecule has 0 fully saturated rings. The molecule has 0 aliphatic rings. The molecule has 1 N–H and O–H groups in total. The molecule has 112 valence electrons. The fraction of sp³-hybridized carbons (Fsp3) is 0.250. The summed E-state index contributed by atoms with van der Waals surface area (Å²) in [6.07, 6.45) is 0. The lowest BCUT2D eigenvalue weighted by Gasteiger charge is -2.10. The molecule has 0 radical (unpaired) electrons. The molecular formula is C16H16BrClFNO. The Morgan fingerprint density at radius 3 is 2.76 bits per heavy atom. The first-order chi connectivity index (χ1) is 10.1. The summed E-state index contributed by atoms with van der Waals surface area (Å²) in [5.74, 6) is 0.322. The Bertz CT molecular complexity index is 621. The Morgan fingerprint density at radius 1 is 1.24 bits per heavy atom. The SMILES string of the molecule is CCNCc1cc(OCc2ccc(Cl)c(F)c2)ccc1Br. The van der Waals surface area contributed by atoms with Gasteiger partial charge in [-0.15, -0.1) is 0 Å². The van der Waals surface area contributed by atoms with E-state index in [1.165, 1.54) is 12.1 Å². The number of ether oxygens (including phenoxy) is 1. The predicted molar refractivity (Wildman–Crippen MR) is 87.3 cm³/mol. The molecule has 0 heterocycles. The summed E-state index contributed by atoms with van der Waals surface area (Å²) in [7, 11) is 0. The van der Waals surface area contributed by atoms with Crippen molar-refractivity contribution in [3.05, 3.63) is 62.8 Å². The van der Waals surface area contributed by atoms with Crippen molar-refractivity contribution in [1.29, 1.82) is 0 Å². The zero-order valence-corrected chi connectivity index (χ0v) is 14.0. The van der Waals surface area contributed by atoms with Crippen LogP contribution in [0.4, 0.5) is 4.39 Å². The van der Waals surface area contributed by atoms with Gasteiger partial charge in [-0.1, -0.05) is 40.5 Å². The molecule has 0 aliphatic carbocycles. The van der Waals surface area contributed by atoms with Crippen LogP contribution in [-0.2, 0) is 13.2 Å². The van der Waals surface area contributed by atoms with Gasteiger partial charge >= 0.3 is 0 Å². The monoisotopic (exact) mass is 371 g/mol. The summed E-state index contributed by atoms with van der Waals surface area (Å²) in [5, 5.41) is 3.39. The minimum atomic E-state index is -0.429. The van der Waals surface area contributed by atoms with Gasteiger partial charge in [-0.05, 0) is 48.0 Å². The zero-order chi connectivity index (χ0) is 15.2. The van der Waals surface area contributed by atoms with Crippen molar-refractivity contribution in [3.8, 4) is 5.75 Å². The Morgan fingerprint density at radius 2 is 2.05 bits per heavy atom. The van der Waals surface area contributed by atoms with E-state index in [4.69, 9.17) is 16.3 Å². The molecule has 2 rings (SSSR count). The van der Waals surface area contributed by atoms with Gasteiger partial charge in [0, 0.05) is 11.0 Å². The summed E-state index contributed by atoms with van der Waals surface area (Å²) in [6.45, 7) is 4.03. The molecular weight excluding hydrogens is 357 g/mol. The van der Waals surface area contributed by atoms with Crippen molar-refractivity contribution in [2.24, 2.45) is 0 Å². The van der Waals surface area contributed by atoms with E-state index in [0.29, 0.717) is 6.61 Å². The number of hydrogen-bond acceptors (Lipinski definition) is 2. The number of hydrogen-bond donors (Lipinski definition) is 1. The molecule has 0 saturated carbocycles. The van der Waals surface area contributed by atoms with Gasteiger partial charge in [-0.3, -0.25) is 0 Å². The van der Waals surface area contributed by atoms with Crippen molar-refractivity contribution in [1.82, 2.24) is 5.32 Å². The number of halogens is 3. The fourth-order valence-corrected chi connectivity index (χ4v) is 2.34. The lowest BCUT2D eigenvalue weighted by Crippen LogP contribution is -2.12. The quantitative estimate of drug-likeness (QED) is 0.776. The van der Waals surface area contributed by atoms with E-state index in [-0.39, 0.29) is 5.02 Å². The highest BCUT2D eigenvalue weighted by molar-refractivity contribution is 9.10. The summed E-state index contributed by atoms with van der Waals surface area (Å²) >= 11 is 9.17. The topological polar surface area (TPSA) is 21.3 Å². The minimum absolute atomic E-state index is 0.121. The second-order valence-electron chi connectivity index (χ2n) is 4.57. The molecule has 0 aromatic heterocycles. The zero-order valence-electron chi connectivity index (χ0n) is 11.6. The van der Waals surface area contributed by atoms with Crippen LogP contribution in [0.5, 0.6) is 5.75 Å². The van der Waals surface area contributed by atoms with Gasteiger partial charge < -0.3 is 10.1 Å². The van der Waals surface area contributed by atoms with Crippen LogP contribution >= 0.6 is 27.5 Å². The molecule has 0 aliphatic heterocycles. The van der Waals surface area contributed by atoms with E-state index in [1.807, 2.05) is 18.2 Å². The smallest absolute Gasteiger partial charge is 0.142 e. The van der Waals surface area contributed by atoms with E-state index in [0.717, 1.165) is 34.4 Å². The first-order valence-electron chi connectivity index (χ1n) is 6.66. The van der Waals surface area contributed by atoms with E-state index < -0.39 is 5.82 Å². The molecule has 2 aromatic rings. The van der Waals surface area contributed by atoms with Crippen molar-refractivity contribution in [3.63, 3.8) is 0 Å². The van der Waals surface area contributed by atoms with E-state index in [9.17, 15) is 4.39 Å².